The van der Waals surface area contributed by atoms with Crippen molar-refractivity contribution in [3.05, 3.63) is 35.7 Å². The van der Waals surface area contributed by atoms with Crippen molar-refractivity contribution < 1.29 is 9.53 Å². The van der Waals surface area contributed by atoms with Gasteiger partial charge in [-0.3, -0.25) is 4.79 Å². The molecule has 0 bridgehead atoms. The predicted octanol–water partition coefficient (Wildman–Crippen LogP) is 2.85. The van der Waals surface area contributed by atoms with Gasteiger partial charge in [0.05, 0.1) is 24.7 Å². The average Bonchev–Trinajstić information content (AvgIpc) is 3.08. The number of aromatic nitrogens is 3. The Morgan fingerprint density at radius 2 is 1.88 bits per heavy atom. The average molecular weight is 393 g/mol. The number of hydrogen-bond acceptors (Lipinski definition) is 6. The summed E-state index contributed by atoms with van der Waals surface area (Å²) >= 11 is 3.22. The van der Waals surface area contributed by atoms with Crippen molar-refractivity contribution >= 4 is 29.4 Å². The molecule has 1 saturated heterocycles. The van der Waals surface area contributed by atoms with Gasteiger partial charge in [-0.15, -0.1) is 22.0 Å². The van der Waals surface area contributed by atoms with Crippen molar-refractivity contribution in [2.24, 2.45) is 0 Å². The fourth-order valence-electron chi connectivity index (χ4n) is 2.66. The van der Waals surface area contributed by atoms with E-state index in [2.05, 4.69) is 52.9 Å². The zero-order valence-electron chi connectivity index (χ0n) is 15.2. The molecule has 26 heavy (non-hydrogen) atoms. The number of morpholine rings is 1. The first-order valence-electron chi connectivity index (χ1n) is 8.77. The summed E-state index contributed by atoms with van der Waals surface area (Å²) in [5.41, 5.74) is 1.26. The molecule has 2 heterocycles. The summed E-state index contributed by atoms with van der Waals surface area (Å²) in [5.74, 6) is 2.24. The van der Waals surface area contributed by atoms with E-state index in [1.807, 2.05) is 4.90 Å². The molecule has 1 aliphatic heterocycles. The van der Waals surface area contributed by atoms with Crippen molar-refractivity contribution in [2.75, 3.05) is 32.1 Å². The molecule has 1 aromatic heterocycles. The molecule has 1 aromatic carbocycles. The van der Waals surface area contributed by atoms with Crippen molar-refractivity contribution in [3.63, 3.8) is 0 Å². The third-order valence-electron chi connectivity index (χ3n) is 4.19. The van der Waals surface area contributed by atoms with Crippen LogP contribution < -0.4 is 0 Å². The lowest BCUT2D eigenvalue weighted by Crippen LogP contribution is -2.41. The zero-order chi connectivity index (χ0) is 18.4. The van der Waals surface area contributed by atoms with Crippen LogP contribution in [0.3, 0.4) is 0 Å². The fourth-order valence-corrected chi connectivity index (χ4v) is 4.42. The van der Waals surface area contributed by atoms with Gasteiger partial charge >= 0.3 is 0 Å². The molecule has 1 amide bonds. The second-order valence-electron chi connectivity index (χ2n) is 6.03. The lowest BCUT2D eigenvalue weighted by molar-refractivity contribution is -0.132. The molecule has 0 aliphatic carbocycles. The first-order chi connectivity index (χ1) is 12.7. The molecule has 0 N–H and O–H groups in total. The molecule has 8 heteroatoms. The van der Waals surface area contributed by atoms with E-state index in [0.29, 0.717) is 32.1 Å². The minimum atomic E-state index is 0.138. The number of benzene rings is 1. The van der Waals surface area contributed by atoms with E-state index in [1.54, 1.807) is 11.8 Å². The fraction of sp³-hybridized carbons (Fsp3) is 0.500. The number of ether oxygens (including phenoxy) is 1. The van der Waals surface area contributed by atoms with Gasteiger partial charge in [-0.05, 0) is 26.0 Å². The second kappa shape index (κ2) is 9.43. The van der Waals surface area contributed by atoms with Crippen LogP contribution in [0.15, 0.2) is 34.3 Å². The maximum Gasteiger partial charge on any atom is 0.233 e. The van der Waals surface area contributed by atoms with Crippen LogP contribution in [-0.2, 0) is 21.8 Å². The number of rotatable bonds is 7. The standard InChI is InChI=1S/C18H24N4O2S2/c1-3-22-16(12-25-15-6-4-14(2)5-7-15)19-20-18(22)26-13-17(23)21-8-10-24-11-9-21/h4-7H,3,8-13H2,1-2H3. The Kier molecular flexibility index (Phi) is 6.99. The molecule has 0 atom stereocenters. The first kappa shape index (κ1) is 19.3. The van der Waals surface area contributed by atoms with Crippen molar-refractivity contribution in [2.45, 2.75) is 36.2 Å². The van der Waals surface area contributed by atoms with E-state index >= 15 is 0 Å². The third-order valence-corrected chi connectivity index (χ3v) is 6.15. The maximum absolute atomic E-state index is 12.3. The number of thioether (sulfide) groups is 2. The molecule has 0 saturated carbocycles. The van der Waals surface area contributed by atoms with Crippen LogP contribution in [-0.4, -0.2) is 57.6 Å². The quantitative estimate of drug-likeness (QED) is 0.676. The van der Waals surface area contributed by atoms with E-state index < -0.39 is 0 Å². The van der Waals surface area contributed by atoms with Crippen LogP contribution >= 0.6 is 23.5 Å². The first-order valence-corrected chi connectivity index (χ1v) is 10.7. The normalized spacial score (nSPS) is 14.6. The smallest absolute Gasteiger partial charge is 0.233 e. The predicted molar refractivity (Wildman–Crippen MR) is 105 cm³/mol. The number of hydrogen-bond donors (Lipinski definition) is 0. The van der Waals surface area contributed by atoms with Gasteiger partial charge in [0.15, 0.2) is 5.16 Å². The van der Waals surface area contributed by atoms with E-state index in [1.165, 1.54) is 22.2 Å². The van der Waals surface area contributed by atoms with E-state index in [4.69, 9.17) is 4.74 Å². The molecule has 2 aromatic rings. The summed E-state index contributed by atoms with van der Waals surface area (Å²) < 4.78 is 7.39. The molecule has 0 radical (unpaired) electrons. The number of aryl methyl sites for hydroxylation is 1. The molecule has 0 unspecified atom stereocenters. The van der Waals surface area contributed by atoms with Crippen molar-refractivity contribution in [3.8, 4) is 0 Å². The van der Waals surface area contributed by atoms with Crippen LogP contribution in [0.2, 0.25) is 0 Å². The summed E-state index contributed by atoms with van der Waals surface area (Å²) in [6.07, 6.45) is 0. The van der Waals surface area contributed by atoms with Gasteiger partial charge in [-0.1, -0.05) is 29.5 Å². The van der Waals surface area contributed by atoms with Crippen molar-refractivity contribution in [1.82, 2.24) is 19.7 Å². The number of nitrogens with zero attached hydrogens (tertiary/aromatic N) is 4. The molecule has 0 spiro atoms. The minimum Gasteiger partial charge on any atom is -0.378 e. The maximum atomic E-state index is 12.3. The Labute approximate surface area is 162 Å². The molecular weight excluding hydrogens is 368 g/mol. The van der Waals surface area contributed by atoms with Gasteiger partial charge in [0.2, 0.25) is 5.91 Å². The van der Waals surface area contributed by atoms with E-state index in [-0.39, 0.29) is 5.91 Å². The highest BCUT2D eigenvalue weighted by molar-refractivity contribution is 7.99. The summed E-state index contributed by atoms with van der Waals surface area (Å²) in [5, 5.41) is 9.45. The Bertz CT molecular complexity index is 727. The number of carbonyl (C=O) groups excluding carboxylic acids is 1. The lowest BCUT2D eigenvalue weighted by Gasteiger charge is -2.26. The van der Waals surface area contributed by atoms with E-state index in [0.717, 1.165) is 23.3 Å². The Morgan fingerprint density at radius 1 is 1.15 bits per heavy atom. The molecular formula is C18H24N4O2S2. The van der Waals surface area contributed by atoms with Crippen LogP contribution in [0.4, 0.5) is 0 Å². The van der Waals surface area contributed by atoms with Crippen LogP contribution in [0.1, 0.15) is 18.3 Å². The molecule has 1 aliphatic rings. The minimum absolute atomic E-state index is 0.138. The summed E-state index contributed by atoms with van der Waals surface area (Å²) in [6.45, 7) is 7.58. The third kappa shape index (κ3) is 5.02. The summed E-state index contributed by atoms with van der Waals surface area (Å²) in [6, 6.07) is 8.49. The highest BCUT2D eigenvalue weighted by Crippen LogP contribution is 2.25. The molecule has 3 rings (SSSR count). The Hall–Kier alpha value is -1.51. The number of carbonyl (C=O) groups is 1. The molecule has 140 valence electrons. The second-order valence-corrected chi connectivity index (χ2v) is 8.02. The topological polar surface area (TPSA) is 60.2 Å². The van der Waals surface area contributed by atoms with Gasteiger partial charge in [0.1, 0.15) is 5.82 Å². The van der Waals surface area contributed by atoms with Gasteiger partial charge in [0, 0.05) is 24.5 Å². The monoisotopic (exact) mass is 392 g/mol. The Morgan fingerprint density at radius 3 is 2.58 bits per heavy atom. The van der Waals surface area contributed by atoms with Crippen LogP contribution in [0, 0.1) is 6.92 Å². The SMILES string of the molecule is CCn1c(CSc2ccc(C)cc2)nnc1SCC(=O)N1CCOCC1. The van der Waals surface area contributed by atoms with Gasteiger partial charge < -0.3 is 14.2 Å². The van der Waals surface area contributed by atoms with Crippen LogP contribution in [0.25, 0.3) is 0 Å². The summed E-state index contributed by atoms with van der Waals surface area (Å²) in [7, 11) is 0. The Balaban J connectivity index is 1.56. The molecule has 1 fully saturated rings. The lowest BCUT2D eigenvalue weighted by atomic mass is 10.2. The molecule has 6 nitrogen and oxygen atoms in total. The summed E-state index contributed by atoms with van der Waals surface area (Å²) in [4.78, 5) is 15.4. The van der Waals surface area contributed by atoms with Gasteiger partial charge in [-0.25, -0.2) is 0 Å². The van der Waals surface area contributed by atoms with Gasteiger partial charge in [-0.2, -0.15) is 0 Å². The van der Waals surface area contributed by atoms with E-state index in [9.17, 15) is 4.79 Å². The number of amides is 1. The zero-order valence-corrected chi connectivity index (χ0v) is 16.8. The highest BCUT2D eigenvalue weighted by Gasteiger charge is 2.19. The van der Waals surface area contributed by atoms with Crippen molar-refractivity contribution in [1.29, 1.82) is 0 Å². The highest BCUT2D eigenvalue weighted by atomic mass is 32.2. The van der Waals surface area contributed by atoms with Crippen LogP contribution in [0.5, 0.6) is 0 Å². The van der Waals surface area contributed by atoms with Gasteiger partial charge in [0.25, 0.3) is 0 Å². The largest absolute Gasteiger partial charge is 0.378 e.